The van der Waals surface area contributed by atoms with Crippen molar-refractivity contribution in [3.63, 3.8) is 0 Å². The van der Waals surface area contributed by atoms with Crippen molar-refractivity contribution >= 4 is 22.8 Å². The minimum absolute atomic E-state index is 0.0174. The Labute approximate surface area is 103 Å². The summed E-state index contributed by atoms with van der Waals surface area (Å²) in [6.45, 7) is 1.45. The van der Waals surface area contributed by atoms with E-state index in [-0.39, 0.29) is 16.4 Å². The van der Waals surface area contributed by atoms with Crippen LogP contribution in [0.1, 0.15) is 22.8 Å². The SMILES string of the molecule is CC(=O)SCC#Cc1ccc(O)c(C(=O)O)c1. The van der Waals surface area contributed by atoms with Crippen LogP contribution < -0.4 is 0 Å². The van der Waals surface area contributed by atoms with E-state index in [0.717, 1.165) is 11.8 Å². The summed E-state index contributed by atoms with van der Waals surface area (Å²) in [6.07, 6.45) is 0. The molecule has 0 saturated heterocycles. The summed E-state index contributed by atoms with van der Waals surface area (Å²) < 4.78 is 0. The molecule has 0 aromatic heterocycles. The van der Waals surface area contributed by atoms with Crippen molar-refractivity contribution in [3.05, 3.63) is 29.3 Å². The number of carboxylic acids is 1. The second-order valence-electron chi connectivity index (χ2n) is 3.12. The van der Waals surface area contributed by atoms with Crippen LogP contribution in [0.25, 0.3) is 0 Å². The molecule has 0 aliphatic heterocycles. The molecule has 0 atom stereocenters. The van der Waals surface area contributed by atoms with Gasteiger partial charge in [-0.05, 0) is 18.2 Å². The fourth-order valence-corrected chi connectivity index (χ4v) is 1.41. The summed E-state index contributed by atoms with van der Waals surface area (Å²) in [5.74, 6) is 4.33. The Morgan fingerprint density at radius 1 is 1.41 bits per heavy atom. The summed E-state index contributed by atoms with van der Waals surface area (Å²) in [6, 6.07) is 4.10. The maximum atomic E-state index is 10.7. The molecule has 1 aromatic rings. The zero-order valence-electron chi connectivity index (χ0n) is 9.06. The predicted octanol–water partition coefficient (Wildman–Crippen LogP) is 1.72. The Kier molecular flexibility index (Phi) is 4.61. The van der Waals surface area contributed by atoms with E-state index in [2.05, 4.69) is 11.8 Å². The Morgan fingerprint density at radius 2 is 2.12 bits per heavy atom. The summed E-state index contributed by atoms with van der Waals surface area (Å²) >= 11 is 1.09. The molecule has 0 unspecified atom stereocenters. The molecular formula is C12H10O4S. The van der Waals surface area contributed by atoms with Gasteiger partial charge in [0, 0.05) is 12.5 Å². The van der Waals surface area contributed by atoms with Crippen molar-refractivity contribution in [3.8, 4) is 17.6 Å². The highest BCUT2D eigenvalue weighted by molar-refractivity contribution is 8.13. The Hall–Kier alpha value is -1.93. The number of hydrogen-bond donors (Lipinski definition) is 2. The molecule has 0 bridgehead atoms. The van der Waals surface area contributed by atoms with Gasteiger partial charge in [-0.2, -0.15) is 0 Å². The Balaban J connectivity index is 2.82. The second-order valence-corrected chi connectivity index (χ2v) is 4.27. The first-order chi connectivity index (χ1) is 8.00. The van der Waals surface area contributed by atoms with Gasteiger partial charge in [-0.1, -0.05) is 23.6 Å². The minimum Gasteiger partial charge on any atom is -0.507 e. The van der Waals surface area contributed by atoms with E-state index in [9.17, 15) is 14.7 Å². The molecule has 0 heterocycles. The standard InChI is InChI=1S/C12H10O4S/c1-8(13)17-6-2-3-9-4-5-11(14)10(7-9)12(15)16/h4-5,7,14H,6H2,1H3,(H,15,16). The van der Waals surface area contributed by atoms with Crippen LogP contribution in [0.5, 0.6) is 5.75 Å². The van der Waals surface area contributed by atoms with Gasteiger partial charge in [0.15, 0.2) is 5.12 Å². The van der Waals surface area contributed by atoms with E-state index in [1.165, 1.54) is 25.1 Å². The number of rotatable bonds is 2. The molecule has 0 amide bonds. The molecule has 0 fully saturated rings. The Morgan fingerprint density at radius 3 is 2.71 bits per heavy atom. The van der Waals surface area contributed by atoms with Crippen LogP contribution in [0.4, 0.5) is 0 Å². The molecule has 0 spiro atoms. The molecule has 4 nitrogen and oxygen atoms in total. The summed E-state index contributed by atoms with van der Waals surface area (Å²) in [5.41, 5.74) is 0.306. The van der Waals surface area contributed by atoms with Gasteiger partial charge in [0.25, 0.3) is 0 Å². The first kappa shape index (κ1) is 13.1. The highest BCUT2D eigenvalue weighted by Crippen LogP contribution is 2.17. The molecule has 0 radical (unpaired) electrons. The van der Waals surface area contributed by atoms with Crippen molar-refractivity contribution in [2.24, 2.45) is 0 Å². The van der Waals surface area contributed by atoms with Gasteiger partial charge < -0.3 is 10.2 Å². The van der Waals surface area contributed by atoms with Gasteiger partial charge in [0.2, 0.25) is 0 Å². The molecule has 0 saturated carbocycles. The third kappa shape index (κ3) is 4.21. The molecular weight excluding hydrogens is 240 g/mol. The Bertz CT molecular complexity index is 511. The van der Waals surface area contributed by atoms with Crippen LogP contribution in [-0.2, 0) is 4.79 Å². The van der Waals surface area contributed by atoms with Gasteiger partial charge in [0.05, 0.1) is 5.75 Å². The number of carboxylic acid groups (broad SMARTS) is 1. The predicted molar refractivity (Wildman–Crippen MR) is 65.1 cm³/mol. The van der Waals surface area contributed by atoms with E-state index >= 15 is 0 Å². The number of benzene rings is 1. The van der Waals surface area contributed by atoms with E-state index in [0.29, 0.717) is 11.3 Å². The van der Waals surface area contributed by atoms with Gasteiger partial charge in [-0.15, -0.1) is 0 Å². The number of aromatic carboxylic acids is 1. The third-order valence-corrected chi connectivity index (χ3v) is 2.50. The van der Waals surface area contributed by atoms with Crippen molar-refractivity contribution in [1.29, 1.82) is 0 Å². The van der Waals surface area contributed by atoms with Gasteiger partial charge >= 0.3 is 5.97 Å². The van der Waals surface area contributed by atoms with Crippen LogP contribution in [-0.4, -0.2) is 27.1 Å². The first-order valence-electron chi connectivity index (χ1n) is 4.69. The number of thioether (sulfide) groups is 1. The van der Waals surface area contributed by atoms with Crippen molar-refractivity contribution < 1.29 is 19.8 Å². The second kappa shape index (κ2) is 5.97. The molecule has 88 valence electrons. The number of phenols is 1. The van der Waals surface area contributed by atoms with E-state index in [1.807, 2.05) is 0 Å². The van der Waals surface area contributed by atoms with Crippen LogP contribution in [0.3, 0.4) is 0 Å². The van der Waals surface area contributed by atoms with Gasteiger partial charge in [-0.3, -0.25) is 4.79 Å². The first-order valence-corrected chi connectivity index (χ1v) is 5.68. The molecule has 1 rings (SSSR count). The zero-order valence-corrected chi connectivity index (χ0v) is 9.87. The lowest BCUT2D eigenvalue weighted by Gasteiger charge is -1.99. The number of carbonyl (C=O) groups excluding carboxylic acids is 1. The number of aromatic hydroxyl groups is 1. The lowest BCUT2D eigenvalue weighted by Crippen LogP contribution is -1.97. The fraction of sp³-hybridized carbons (Fsp3) is 0.167. The lowest BCUT2D eigenvalue weighted by atomic mass is 10.1. The maximum absolute atomic E-state index is 10.7. The molecule has 2 N–H and O–H groups in total. The lowest BCUT2D eigenvalue weighted by molar-refractivity contribution is -0.109. The summed E-state index contributed by atoms with van der Waals surface area (Å²) in [4.78, 5) is 21.4. The van der Waals surface area contributed by atoms with Gasteiger partial charge in [-0.25, -0.2) is 4.79 Å². The molecule has 1 aromatic carbocycles. The highest BCUT2D eigenvalue weighted by Gasteiger charge is 2.08. The van der Waals surface area contributed by atoms with Gasteiger partial charge in [0.1, 0.15) is 11.3 Å². The smallest absolute Gasteiger partial charge is 0.339 e. The molecule has 5 heteroatoms. The van der Waals surface area contributed by atoms with Crippen LogP contribution in [0.15, 0.2) is 18.2 Å². The number of hydrogen-bond acceptors (Lipinski definition) is 4. The topological polar surface area (TPSA) is 74.6 Å². The quantitative estimate of drug-likeness (QED) is 0.782. The average Bonchev–Trinajstić information content (AvgIpc) is 2.25. The van der Waals surface area contributed by atoms with Crippen LogP contribution >= 0.6 is 11.8 Å². The molecule has 0 aliphatic carbocycles. The normalized spacial score (nSPS) is 9.24. The maximum Gasteiger partial charge on any atom is 0.339 e. The van der Waals surface area contributed by atoms with Crippen molar-refractivity contribution in [2.45, 2.75) is 6.92 Å². The van der Waals surface area contributed by atoms with Crippen LogP contribution in [0.2, 0.25) is 0 Å². The highest BCUT2D eigenvalue weighted by atomic mass is 32.2. The third-order valence-electron chi connectivity index (χ3n) is 1.81. The average molecular weight is 250 g/mol. The molecule has 0 aliphatic rings. The largest absolute Gasteiger partial charge is 0.507 e. The zero-order chi connectivity index (χ0) is 12.8. The minimum atomic E-state index is -1.20. The van der Waals surface area contributed by atoms with Crippen molar-refractivity contribution in [1.82, 2.24) is 0 Å². The van der Waals surface area contributed by atoms with Crippen molar-refractivity contribution in [2.75, 3.05) is 5.75 Å². The van der Waals surface area contributed by atoms with Crippen LogP contribution in [0, 0.1) is 11.8 Å². The monoisotopic (exact) mass is 250 g/mol. The number of carbonyl (C=O) groups is 2. The van der Waals surface area contributed by atoms with E-state index < -0.39 is 5.97 Å². The van der Waals surface area contributed by atoms with E-state index in [4.69, 9.17) is 5.11 Å². The fourth-order valence-electron chi connectivity index (χ4n) is 1.06. The summed E-state index contributed by atoms with van der Waals surface area (Å²) in [7, 11) is 0. The molecule has 17 heavy (non-hydrogen) atoms. The summed E-state index contributed by atoms with van der Waals surface area (Å²) in [5, 5.41) is 18.0. The van der Waals surface area contributed by atoms with E-state index in [1.54, 1.807) is 0 Å².